The van der Waals surface area contributed by atoms with Gasteiger partial charge < -0.3 is 14.9 Å². The number of Topliss-reactive ketones (excluding diaryl/α,β-unsaturated/α-hetero) is 1. The number of aromatic nitrogens is 1. The molecule has 1 aliphatic heterocycles. The lowest BCUT2D eigenvalue weighted by molar-refractivity contribution is -0.140. The van der Waals surface area contributed by atoms with Crippen LogP contribution in [0, 0.1) is 5.82 Å². The van der Waals surface area contributed by atoms with Gasteiger partial charge in [0.25, 0.3) is 11.7 Å². The Morgan fingerprint density at radius 2 is 1.83 bits per heavy atom. The van der Waals surface area contributed by atoms with Gasteiger partial charge in [0, 0.05) is 18.3 Å². The summed E-state index contributed by atoms with van der Waals surface area (Å²) in [5, 5.41) is 10.9. The number of aliphatic hydroxyl groups excluding tert-OH is 1. The second-order valence-corrected chi connectivity index (χ2v) is 7.13. The lowest BCUT2D eigenvalue weighted by Crippen LogP contribution is -2.33. The number of ketones is 1. The number of hydrogen-bond acceptors (Lipinski definition) is 5. The Kier molecular flexibility index (Phi) is 6.95. The van der Waals surface area contributed by atoms with Crippen LogP contribution < -0.4 is 0 Å². The van der Waals surface area contributed by atoms with Crippen molar-refractivity contribution in [3.8, 4) is 0 Å². The van der Waals surface area contributed by atoms with Gasteiger partial charge in [-0.05, 0) is 62.5 Å². The number of pyridine rings is 1. The highest BCUT2D eigenvalue weighted by atomic mass is 19.1. The van der Waals surface area contributed by atoms with Gasteiger partial charge in [0.15, 0.2) is 0 Å². The van der Waals surface area contributed by atoms with Gasteiger partial charge in [-0.1, -0.05) is 19.9 Å². The van der Waals surface area contributed by atoms with Crippen molar-refractivity contribution in [2.75, 3.05) is 26.2 Å². The minimum atomic E-state index is -0.784. The summed E-state index contributed by atoms with van der Waals surface area (Å²) in [7, 11) is 0. The SMILES string of the molecule is CCN(CC)CCCN1C(=O)C(=O)/C(=C(/O)c2ccc(F)cc2)C1c1ccccn1. The summed E-state index contributed by atoms with van der Waals surface area (Å²) in [5.74, 6) is -2.19. The molecule has 1 fully saturated rings. The molecule has 1 aromatic heterocycles. The average molecular weight is 411 g/mol. The number of carbonyl (C=O) groups is 2. The first kappa shape index (κ1) is 21.6. The summed E-state index contributed by atoms with van der Waals surface area (Å²) in [4.78, 5) is 33.8. The number of carbonyl (C=O) groups excluding carboxylic acids is 2. The van der Waals surface area contributed by atoms with Crippen molar-refractivity contribution in [1.82, 2.24) is 14.8 Å². The topological polar surface area (TPSA) is 73.7 Å². The predicted molar refractivity (Wildman–Crippen MR) is 112 cm³/mol. The first-order valence-electron chi connectivity index (χ1n) is 10.2. The molecule has 1 atom stereocenters. The number of rotatable bonds is 8. The quantitative estimate of drug-likeness (QED) is 0.410. The van der Waals surface area contributed by atoms with Crippen molar-refractivity contribution < 1.29 is 19.1 Å². The molecule has 7 heteroatoms. The van der Waals surface area contributed by atoms with Crippen LogP contribution in [0.25, 0.3) is 5.76 Å². The lowest BCUT2D eigenvalue weighted by atomic mass is 9.98. The molecule has 3 rings (SSSR count). The Labute approximate surface area is 175 Å². The molecule has 6 nitrogen and oxygen atoms in total. The van der Waals surface area contributed by atoms with E-state index in [4.69, 9.17) is 0 Å². The van der Waals surface area contributed by atoms with E-state index in [1.807, 2.05) is 0 Å². The highest BCUT2D eigenvalue weighted by Gasteiger charge is 2.46. The monoisotopic (exact) mass is 411 g/mol. The van der Waals surface area contributed by atoms with Crippen LogP contribution in [0.3, 0.4) is 0 Å². The van der Waals surface area contributed by atoms with Crippen molar-refractivity contribution in [2.24, 2.45) is 0 Å². The predicted octanol–water partition coefficient (Wildman–Crippen LogP) is 3.37. The Balaban J connectivity index is 1.99. The fraction of sp³-hybridized carbons (Fsp3) is 0.348. The Hall–Kier alpha value is -3.06. The van der Waals surface area contributed by atoms with Crippen LogP contribution in [0.4, 0.5) is 4.39 Å². The summed E-state index contributed by atoms with van der Waals surface area (Å²) >= 11 is 0. The number of likely N-dealkylation sites (tertiary alicyclic amines) is 1. The van der Waals surface area contributed by atoms with Crippen LogP contribution in [0.5, 0.6) is 0 Å². The number of halogens is 1. The van der Waals surface area contributed by atoms with Crippen LogP contribution in [0.2, 0.25) is 0 Å². The molecule has 0 saturated carbocycles. The molecule has 1 aliphatic rings. The second kappa shape index (κ2) is 9.63. The summed E-state index contributed by atoms with van der Waals surface area (Å²) in [6, 6.07) is 9.63. The van der Waals surface area contributed by atoms with Crippen molar-refractivity contribution >= 4 is 17.4 Å². The standard InChI is InChI=1S/C23H26FN3O3/c1-3-26(4-2)14-7-15-27-20(18-8-5-6-13-25-18)19(22(29)23(27)30)21(28)16-9-11-17(24)12-10-16/h5-6,8-13,20,28H,3-4,7,14-15H2,1-2H3/b21-19+. The Morgan fingerprint density at radius 1 is 1.13 bits per heavy atom. The maximum atomic E-state index is 13.3. The van der Waals surface area contributed by atoms with Crippen LogP contribution >= 0.6 is 0 Å². The molecule has 2 heterocycles. The number of nitrogens with zero attached hydrogens (tertiary/aromatic N) is 3. The minimum absolute atomic E-state index is 0.0202. The van der Waals surface area contributed by atoms with E-state index in [1.54, 1.807) is 24.4 Å². The fourth-order valence-corrected chi connectivity index (χ4v) is 3.72. The zero-order valence-electron chi connectivity index (χ0n) is 17.2. The van der Waals surface area contributed by atoms with Crippen molar-refractivity contribution in [3.05, 3.63) is 71.3 Å². The molecule has 1 N–H and O–H groups in total. The van der Waals surface area contributed by atoms with Gasteiger partial charge in [-0.15, -0.1) is 0 Å². The molecule has 158 valence electrons. The largest absolute Gasteiger partial charge is 0.507 e. The van der Waals surface area contributed by atoms with Gasteiger partial charge in [-0.3, -0.25) is 14.6 Å². The van der Waals surface area contributed by atoms with Gasteiger partial charge in [-0.2, -0.15) is 0 Å². The average Bonchev–Trinajstić information content (AvgIpc) is 3.02. The maximum Gasteiger partial charge on any atom is 0.295 e. The van der Waals surface area contributed by atoms with Crippen LogP contribution in [0.15, 0.2) is 54.2 Å². The van der Waals surface area contributed by atoms with Crippen molar-refractivity contribution in [2.45, 2.75) is 26.3 Å². The van der Waals surface area contributed by atoms with E-state index >= 15 is 0 Å². The first-order chi connectivity index (χ1) is 14.5. The van der Waals surface area contributed by atoms with E-state index in [1.165, 1.54) is 29.2 Å². The van der Waals surface area contributed by atoms with E-state index in [0.29, 0.717) is 18.7 Å². The molecule has 0 bridgehead atoms. The van der Waals surface area contributed by atoms with Gasteiger partial charge in [0.2, 0.25) is 0 Å². The zero-order chi connectivity index (χ0) is 21.7. The number of hydrogen-bond donors (Lipinski definition) is 1. The third kappa shape index (κ3) is 4.41. The summed E-state index contributed by atoms with van der Waals surface area (Å²) in [6.45, 7) is 7.12. The van der Waals surface area contributed by atoms with Crippen LogP contribution in [0.1, 0.15) is 37.6 Å². The third-order valence-electron chi connectivity index (χ3n) is 5.39. The third-order valence-corrected chi connectivity index (χ3v) is 5.39. The minimum Gasteiger partial charge on any atom is -0.507 e. The van der Waals surface area contributed by atoms with Gasteiger partial charge in [-0.25, -0.2) is 4.39 Å². The van der Waals surface area contributed by atoms with Gasteiger partial charge in [0.05, 0.1) is 11.3 Å². The van der Waals surface area contributed by atoms with Crippen LogP contribution in [-0.2, 0) is 9.59 Å². The zero-order valence-corrected chi connectivity index (χ0v) is 17.2. The molecule has 1 saturated heterocycles. The van der Waals surface area contributed by atoms with E-state index in [2.05, 4.69) is 23.7 Å². The maximum absolute atomic E-state index is 13.3. The molecule has 1 amide bonds. The smallest absolute Gasteiger partial charge is 0.295 e. The van der Waals surface area contributed by atoms with E-state index in [9.17, 15) is 19.1 Å². The lowest BCUT2D eigenvalue weighted by Gasteiger charge is -2.26. The molecule has 1 aromatic carbocycles. The Morgan fingerprint density at radius 3 is 2.43 bits per heavy atom. The van der Waals surface area contributed by atoms with E-state index in [0.717, 1.165) is 19.6 Å². The number of benzene rings is 1. The molecule has 0 aliphatic carbocycles. The molecule has 0 spiro atoms. The van der Waals surface area contributed by atoms with E-state index < -0.39 is 23.5 Å². The normalized spacial score (nSPS) is 18.4. The van der Waals surface area contributed by atoms with Crippen molar-refractivity contribution in [3.63, 3.8) is 0 Å². The highest BCUT2D eigenvalue weighted by molar-refractivity contribution is 6.46. The summed E-state index contributed by atoms with van der Waals surface area (Å²) in [6.07, 6.45) is 2.28. The summed E-state index contributed by atoms with van der Waals surface area (Å²) in [5.41, 5.74) is 0.759. The first-order valence-corrected chi connectivity index (χ1v) is 10.2. The molecular formula is C23H26FN3O3. The number of amides is 1. The fourth-order valence-electron chi connectivity index (χ4n) is 3.72. The highest BCUT2D eigenvalue weighted by Crippen LogP contribution is 2.38. The molecule has 0 radical (unpaired) electrons. The van der Waals surface area contributed by atoms with Crippen molar-refractivity contribution in [1.29, 1.82) is 0 Å². The molecule has 1 unspecified atom stereocenters. The molecular weight excluding hydrogens is 385 g/mol. The summed E-state index contributed by atoms with van der Waals surface area (Å²) < 4.78 is 13.3. The second-order valence-electron chi connectivity index (χ2n) is 7.13. The molecule has 30 heavy (non-hydrogen) atoms. The van der Waals surface area contributed by atoms with E-state index in [-0.39, 0.29) is 16.9 Å². The molecule has 2 aromatic rings. The van der Waals surface area contributed by atoms with Gasteiger partial charge in [0.1, 0.15) is 17.6 Å². The Bertz CT molecular complexity index is 924. The van der Waals surface area contributed by atoms with Gasteiger partial charge >= 0.3 is 0 Å². The number of aliphatic hydroxyl groups is 1. The van der Waals surface area contributed by atoms with Crippen LogP contribution in [-0.4, -0.2) is 57.8 Å².